The van der Waals surface area contributed by atoms with Crippen molar-refractivity contribution in [1.29, 1.82) is 0 Å². The maximum atomic E-state index is 12.8. The summed E-state index contributed by atoms with van der Waals surface area (Å²) >= 11 is 0. The number of hydrogen-bond donors (Lipinski definition) is 1. The summed E-state index contributed by atoms with van der Waals surface area (Å²) in [6.45, 7) is 3.42. The minimum atomic E-state index is -0.135. The fourth-order valence-electron chi connectivity index (χ4n) is 4.45. The first kappa shape index (κ1) is 19.8. The van der Waals surface area contributed by atoms with E-state index in [1.807, 2.05) is 42.2 Å². The van der Waals surface area contributed by atoms with Gasteiger partial charge in [-0.3, -0.25) is 9.59 Å². The van der Waals surface area contributed by atoms with Crippen molar-refractivity contribution in [3.05, 3.63) is 63.3 Å². The summed E-state index contributed by atoms with van der Waals surface area (Å²) in [4.78, 5) is 35.2. The zero-order valence-electron chi connectivity index (χ0n) is 17.0. The van der Waals surface area contributed by atoms with Gasteiger partial charge >= 0.3 is 0 Å². The van der Waals surface area contributed by atoms with Gasteiger partial charge in [0.25, 0.3) is 5.56 Å². The molecule has 2 aliphatic heterocycles. The number of nitrogens with one attached hydrogen (secondary N) is 1. The molecule has 2 saturated heterocycles. The molecule has 1 amide bonds. The molecule has 1 aromatic carbocycles. The second-order valence-electron chi connectivity index (χ2n) is 8.10. The molecule has 29 heavy (non-hydrogen) atoms. The fourth-order valence-corrected chi connectivity index (χ4v) is 4.45. The highest BCUT2D eigenvalue weighted by molar-refractivity contribution is 5.77. The Morgan fingerprint density at radius 2 is 2.07 bits per heavy atom. The van der Waals surface area contributed by atoms with Crippen molar-refractivity contribution in [1.82, 2.24) is 14.9 Å². The second kappa shape index (κ2) is 8.91. The summed E-state index contributed by atoms with van der Waals surface area (Å²) in [5, 5.41) is 0. The Bertz CT molecular complexity index is 903. The fraction of sp³-hybridized carbons (Fsp3) is 0.522. The third kappa shape index (κ3) is 4.58. The van der Waals surface area contributed by atoms with Crippen LogP contribution in [0.2, 0.25) is 0 Å². The molecule has 1 N–H and O–H groups in total. The Labute approximate surface area is 171 Å². The largest absolute Gasteiger partial charge is 0.378 e. The van der Waals surface area contributed by atoms with Gasteiger partial charge in [0.1, 0.15) is 5.82 Å². The summed E-state index contributed by atoms with van der Waals surface area (Å²) in [6, 6.07) is 9.80. The van der Waals surface area contributed by atoms with Crippen LogP contribution < -0.4 is 5.56 Å². The minimum absolute atomic E-state index is 0.102. The number of ether oxygens (including phenoxy) is 1. The van der Waals surface area contributed by atoms with Crippen LogP contribution in [-0.2, 0) is 16.0 Å². The zero-order valence-corrected chi connectivity index (χ0v) is 17.0. The SMILES string of the molecule is Cc1nc([C@H]2CCCN2C(=O)CC[C@H]2CCCO2)[nH]c(=O)c1Cc1ccccc1. The van der Waals surface area contributed by atoms with Gasteiger partial charge in [0.2, 0.25) is 5.91 Å². The number of rotatable bonds is 6. The number of carbonyl (C=O) groups is 1. The van der Waals surface area contributed by atoms with Crippen molar-refractivity contribution in [3.8, 4) is 0 Å². The molecule has 6 heteroatoms. The lowest BCUT2D eigenvalue weighted by atomic mass is 10.0. The van der Waals surface area contributed by atoms with E-state index in [9.17, 15) is 9.59 Å². The van der Waals surface area contributed by atoms with Crippen LogP contribution in [0.15, 0.2) is 35.1 Å². The third-order valence-electron chi connectivity index (χ3n) is 6.06. The molecule has 2 aromatic rings. The number of carbonyl (C=O) groups excluding carboxylic acids is 1. The lowest BCUT2D eigenvalue weighted by molar-refractivity contribution is -0.132. The van der Waals surface area contributed by atoms with Gasteiger partial charge in [-0.15, -0.1) is 0 Å². The van der Waals surface area contributed by atoms with Crippen LogP contribution in [0.5, 0.6) is 0 Å². The van der Waals surface area contributed by atoms with Gasteiger partial charge in [0, 0.05) is 37.3 Å². The first-order chi connectivity index (χ1) is 14.1. The van der Waals surface area contributed by atoms with Crippen LogP contribution in [0.1, 0.15) is 67.2 Å². The van der Waals surface area contributed by atoms with Crippen LogP contribution >= 0.6 is 0 Å². The van der Waals surface area contributed by atoms with Gasteiger partial charge in [-0.1, -0.05) is 30.3 Å². The average molecular weight is 396 g/mol. The highest BCUT2D eigenvalue weighted by Crippen LogP contribution is 2.31. The van der Waals surface area contributed by atoms with Gasteiger partial charge < -0.3 is 14.6 Å². The van der Waals surface area contributed by atoms with Crippen LogP contribution in [0.3, 0.4) is 0 Å². The smallest absolute Gasteiger partial charge is 0.254 e. The Kier molecular flexibility index (Phi) is 6.09. The Hall–Kier alpha value is -2.47. The van der Waals surface area contributed by atoms with Crippen LogP contribution in [0.4, 0.5) is 0 Å². The van der Waals surface area contributed by atoms with Crippen molar-refractivity contribution in [3.63, 3.8) is 0 Å². The molecule has 0 bridgehead atoms. The van der Waals surface area contributed by atoms with Crippen molar-refractivity contribution < 1.29 is 9.53 Å². The molecule has 154 valence electrons. The first-order valence-electron chi connectivity index (χ1n) is 10.7. The minimum Gasteiger partial charge on any atom is -0.378 e. The van der Waals surface area contributed by atoms with Crippen molar-refractivity contribution in [2.45, 2.75) is 64.0 Å². The first-order valence-corrected chi connectivity index (χ1v) is 10.7. The van der Waals surface area contributed by atoms with Gasteiger partial charge in [-0.2, -0.15) is 0 Å². The molecule has 0 aliphatic carbocycles. The number of nitrogens with zero attached hydrogens (tertiary/aromatic N) is 2. The molecular weight excluding hydrogens is 366 g/mol. The molecule has 0 radical (unpaired) electrons. The Balaban J connectivity index is 1.48. The van der Waals surface area contributed by atoms with E-state index in [1.54, 1.807) is 0 Å². The van der Waals surface area contributed by atoms with E-state index in [0.29, 0.717) is 24.2 Å². The van der Waals surface area contributed by atoms with Crippen molar-refractivity contribution in [2.75, 3.05) is 13.2 Å². The highest BCUT2D eigenvalue weighted by atomic mass is 16.5. The molecule has 4 rings (SSSR count). The molecule has 2 aliphatic rings. The van der Waals surface area contributed by atoms with E-state index < -0.39 is 0 Å². The summed E-state index contributed by atoms with van der Waals surface area (Å²) in [5.74, 6) is 0.754. The molecule has 1 aromatic heterocycles. The van der Waals surface area contributed by atoms with Crippen LogP contribution in [0.25, 0.3) is 0 Å². The normalized spacial score (nSPS) is 21.6. The molecule has 2 fully saturated rings. The predicted molar refractivity (Wildman–Crippen MR) is 111 cm³/mol. The predicted octanol–water partition coefficient (Wildman–Crippen LogP) is 3.29. The lowest BCUT2D eigenvalue weighted by Gasteiger charge is -2.25. The summed E-state index contributed by atoms with van der Waals surface area (Å²) < 4.78 is 5.64. The summed E-state index contributed by atoms with van der Waals surface area (Å²) in [6.07, 6.45) is 5.97. The Morgan fingerprint density at radius 3 is 2.79 bits per heavy atom. The summed E-state index contributed by atoms with van der Waals surface area (Å²) in [5.41, 5.74) is 2.41. The van der Waals surface area contributed by atoms with Gasteiger partial charge in [-0.05, 0) is 44.6 Å². The topological polar surface area (TPSA) is 75.3 Å². The monoisotopic (exact) mass is 395 g/mol. The molecular formula is C23H29N3O3. The zero-order chi connectivity index (χ0) is 20.2. The number of aromatic amines is 1. The number of benzene rings is 1. The van der Waals surface area contributed by atoms with Crippen molar-refractivity contribution in [2.24, 2.45) is 0 Å². The number of likely N-dealkylation sites (tertiary alicyclic amines) is 1. The highest BCUT2D eigenvalue weighted by Gasteiger charge is 2.32. The number of hydrogen-bond acceptors (Lipinski definition) is 4. The van der Waals surface area contributed by atoms with E-state index >= 15 is 0 Å². The molecule has 6 nitrogen and oxygen atoms in total. The molecule has 3 heterocycles. The average Bonchev–Trinajstić information content (AvgIpc) is 3.41. The molecule has 0 unspecified atom stereocenters. The maximum Gasteiger partial charge on any atom is 0.254 e. The number of amides is 1. The van der Waals surface area contributed by atoms with Crippen molar-refractivity contribution >= 4 is 5.91 Å². The van der Waals surface area contributed by atoms with E-state index in [-0.39, 0.29) is 23.6 Å². The number of H-pyrrole nitrogens is 1. The van der Waals surface area contributed by atoms with E-state index in [4.69, 9.17) is 9.72 Å². The summed E-state index contributed by atoms with van der Waals surface area (Å²) in [7, 11) is 0. The van der Waals surface area contributed by atoms with Gasteiger partial charge in [0.05, 0.1) is 12.1 Å². The van der Waals surface area contributed by atoms with Crippen LogP contribution in [-0.4, -0.2) is 40.0 Å². The second-order valence-corrected chi connectivity index (χ2v) is 8.10. The quantitative estimate of drug-likeness (QED) is 0.814. The molecule has 2 atom stereocenters. The molecule has 0 spiro atoms. The Morgan fingerprint density at radius 1 is 1.24 bits per heavy atom. The lowest BCUT2D eigenvalue weighted by Crippen LogP contribution is -2.33. The van der Waals surface area contributed by atoms with Gasteiger partial charge in [0.15, 0.2) is 0 Å². The van der Waals surface area contributed by atoms with E-state index in [2.05, 4.69) is 4.98 Å². The van der Waals surface area contributed by atoms with E-state index in [0.717, 1.165) is 56.5 Å². The van der Waals surface area contributed by atoms with Gasteiger partial charge in [-0.25, -0.2) is 4.98 Å². The van der Waals surface area contributed by atoms with Crippen LogP contribution in [0, 0.1) is 6.92 Å². The maximum absolute atomic E-state index is 12.8. The standard InChI is InChI=1S/C23H29N3O3/c1-16-19(15-17-7-3-2-4-8-17)23(28)25-22(24-16)20-10-5-13-26(20)21(27)12-11-18-9-6-14-29-18/h2-4,7-8,18,20H,5-6,9-15H2,1H3,(H,24,25,28)/t18-,20-/m1/s1. The molecule has 0 saturated carbocycles. The number of aryl methyl sites for hydroxylation is 1. The third-order valence-corrected chi connectivity index (χ3v) is 6.06. The van der Waals surface area contributed by atoms with E-state index in [1.165, 1.54) is 0 Å². The number of aromatic nitrogens is 2.